The summed E-state index contributed by atoms with van der Waals surface area (Å²) in [7, 11) is 3.25. The summed E-state index contributed by atoms with van der Waals surface area (Å²) >= 11 is 0. The maximum absolute atomic E-state index is 14.4. The van der Waals surface area contributed by atoms with E-state index in [1.807, 2.05) is 32.8 Å². The zero-order chi connectivity index (χ0) is 35.4. The standard InChI is InChI=1S/C35H54N4O8S/c1-25-22-39(26(2)24-40)35(42)31-21-28(36-48(43,44)30-16-14-29(45-7)15-17-30)13-18-32(31)47-27(3)11-8-9-20-46-33(25)23-38(6)34(41)12-10-19-37(4)5/h13-18,21,25-27,33,36,40H,8-12,19-20,22-24H2,1-7H3/t25-,26+,27-,33-/m0/s1. The summed E-state index contributed by atoms with van der Waals surface area (Å²) in [5, 5.41) is 10.2. The van der Waals surface area contributed by atoms with Crippen LogP contribution >= 0.6 is 0 Å². The molecule has 2 aromatic carbocycles. The largest absolute Gasteiger partial charge is 0.497 e. The number of aliphatic hydroxyl groups is 1. The molecule has 48 heavy (non-hydrogen) atoms. The van der Waals surface area contributed by atoms with E-state index >= 15 is 0 Å². The van der Waals surface area contributed by atoms with E-state index in [-0.39, 0.29) is 53.3 Å². The Bertz CT molecular complexity index is 1440. The number of amides is 2. The van der Waals surface area contributed by atoms with Crippen molar-refractivity contribution in [1.82, 2.24) is 14.7 Å². The van der Waals surface area contributed by atoms with Crippen LogP contribution in [0.4, 0.5) is 5.69 Å². The quantitative estimate of drug-likeness (QED) is 0.337. The molecule has 0 aliphatic carbocycles. The summed E-state index contributed by atoms with van der Waals surface area (Å²) in [5.41, 5.74) is 0.363. The SMILES string of the molecule is COc1ccc(S(=O)(=O)Nc2ccc3c(c2)C(=O)N([C@H](C)CO)C[C@H](C)[C@H](CN(C)C(=O)CCCN(C)C)OCCCC[C@H](C)O3)cc1. The van der Waals surface area contributed by atoms with E-state index < -0.39 is 22.0 Å². The molecule has 2 amide bonds. The molecule has 0 bridgehead atoms. The first-order valence-corrected chi connectivity index (χ1v) is 18.1. The van der Waals surface area contributed by atoms with Crippen LogP contribution in [0.25, 0.3) is 0 Å². The predicted molar refractivity (Wildman–Crippen MR) is 186 cm³/mol. The van der Waals surface area contributed by atoms with Crippen LogP contribution in [0.15, 0.2) is 47.4 Å². The van der Waals surface area contributed by atoms with Crippen LogP contribution in [0.2, 0.25) is 0 Å². The molecule has 3 rings (SSSR count). The summed E-state index contributed by atoms with van der Waals surface area (Å²) in [4.78, 5) is 32.7. The van der Waals surface area contributed by atoms with Gasteiger partial charge in [0.15, 0.2) is 0 Å². The second kappa shape index (κ2) is 18.4. The number of sulfonamides is 1. The highest BCUT2D eigenvalue weighted by atomic mass is 32.2. The highest BCUT2D eigenvalue weighted by Gasteiger charge is 2.31. The smallest absolute Gasteiger partial charge is 0.261 e. The number of nitrogens with one attached hydrogen (secondary N) is 1. The molecule has 0 fully saturated rings. The molecule has 12 nitrogen and oxygen atoms in total. The fourth-order valence-electron chi connectivity index (χ4n) is 5.53. The van der Waals surface area contributed by atoms with Crippen LogP contribution in [-0.4, -0.2) is 119 Å². The maximum atomic E-state index is 14.4. The van der Waals surface area contributed by atoms with E-state index in [9.17, 15) is 23.1 Å². The first-order chi connectivity index (χ1) is 22.7. The Morgan fingerprint density at radius 2 is 1.83 bits per heavy atom. The van der Waals surface area contributed by atoms with Crippen molar-refractivity contribution in [1.29, 1.82) is 0 Å². The number of carbonyl (C=O) groups excluding carboxylic acids is 2. The number of nitrogens with zero attached hydrogens (tertiary/aromatic N) is 3. The Balaban J connectivity index is 1.93. The lowest BCUT2D eigenvalue weighted by atomic mass is 10.0. The molecular weight excluding hydrogens is 636 g/mol. The van der Waals surface area contributed by atoms with Gasteiger partial charge in [-0.05, 0) is 103 Å². The molecular formula is C35H54N4O8S. The molecule has 13 heteroatoms. The number of benzene rings is 2. The number of anilines is 1. The van der Waals surface area contributed by atoms with Gasteiger partial charge in [-0.25, -0.2) is 8.42 Å². The lowest BCUT2D eigenvalue weighted by Gasteiger charge is -2.36. The number of aliphatic hydroxyl groups excluding tert-OH is 1. The number of hydrogen-bond donors (Lipinski definition) is 2. The normalized spacial score (nSPS) is 20.3. The molecule has 0 saturated carbocycles. The van der Waals surface area contributed by atoms with Crippen LogP contribution < -0.4 is 14.2 Å². The number of hydrogen-bond acceptors (Lipinski definition) is 9. The molecule has 2 N–H and O–H groups in total. The minimum atomic E-state index is -3.98. The van der Waals surface area contributed by atoms with Crippen LogP contribution in [0.1, 0.15) is 63.2 Å². The van der Waals surface area contributed by atoms with Crippen molar-refractivity contribution in [2.24, 2.45) is 5.92 Å². The molecule has 1 aliphatic rings. The minimum absolute atomic E-state index is 0.0354. The highest BCUT2D eigenvalue weighted by Crippen LogP contribution is 2.30. The third-order valence-electron chi connectivity index (χ3n) is 8.55. The molecule has 0 spiro atoms. The molecule has 1 heterocycles. The molecule has 0 aromatic heterocycles. The molecule has 1 aliphatic heterocycles. The zero-order valence-electron chi connectivity index (χ0n) is 29.5. The molecule has 268 valence electrons. The van der Waals surface area contributed by atoms with Crippen molar-refractivity contribution < 1.29 is 37.3 Å². The Hall–Kier alpha value is -3.39. The molecule has 4 atom stereocenters. The van der Waals surface area contributed by atoms with Gasteiger partial charge in [0.05, 0.1) is 42.4 Å². The molecule has 0 saturated heterocycles. The van der Waals surface area contributed by atoms with E-state index in [0.29, 0.717) is 37.5 Å². The van der Waals surface area contributed by atoms with Gasteiger partial charge in [-0.3, -0.25) is 14.3 Å². The van der Waals surface area contributed by atoms with Gasteiger partial charge in [0.1, 0.15) is 11.5 Å². The topological polar surface area (TPSA) is 138 Å². The summed E-state index contributed by atoms with van der Waals surface area (Å²) in [6.45, 7) is 7.29. The van der Waals surface area contributed by atoms with Gasteiger partial charge < -0.3 is 34.0 Å². The van der Waals surface area contributed by atoms with Crippen molar-refractivity contribution in [3.63, 3.8) is 0 Å². The Morgan fingerprint density at radius 3 is 2.48 bits per heavy atom. The molecule has 0 unspecified atom stereocenters. The third-order valence-corrected chi connectivity index (χ3v) is 9.95. The van der Waals surface area contributed by atoms with Gasteiger partial charge in [0.2, 0.25) is 5.91 Å². The van der Waals surface area contributed by atoms with Crippen molar-refractivity contribution >= 4 is 27.5 Å². The van der Waals surface area contributed by atoms with Crippen molar-refractivity contribution in [2.45, 2.75) is 76.0 Å². The Labute approximate surface area is 286 Å². The van der Waals surface area contributed by atoms with E-state index in [1.165, 1.54) is 25.3 Å². The Morgan fingerprint density at radius 1 is 1.12 bits per heavy atom. The maximum Gasteiger partial charge on any atom is 0.261 e. The van der Waals surface area contributed by atoms with Crippen LogP contribution in [0.3, 0.4) is 0 Å². The van der Waals surface area contributed by atoms with Gasteiger partial charge >= 0.3 is 0 Å². The number of methoxy groups -OCH3 is 1. The highest BCUT2D eigenvalue weighted by molar-refractivity contribution is 7.92. The lowest BCUT2D eigenvalue weighted by molar-refractivity contribution is -0.132. The average molecular weight is 691 g/mol. The number of ether oxygens (including phenoxy) is 3. The second-order valence-corrected chi connectivity index (χ2v) is 14.7. The summed E-state index contributed by atoms with van der Waals surface area (Å²) in [6, 6.07) is 10.1. The van der Waals surface area contributed by atoms with E-state index in [4.69, 9.17) is 14.2 Å². The average Bonchev–Trinajstić information content (AvgIpc) is 3.05. The number of fused-ring (bicyclic) bond motifs is 1. The van der Waals surface area contributed by atoms with E-state index in [0.717, 1.165) is 25.8 Å². The summed E-state index contributed by atoms with van der Waals surface area (Å²) < 4.78 is 46.8. The van der Waals surface area contributed by atoms with Gasteiger partial charge in [0.25, 0.3) is 15.9 Å². The van der Waals surface area contributed by atoms with Crippen LogP contribution in [0.5, 0.6) is 11.5 Å². The van der Waals surface area contributed by atoms with Crippen LogP contribution in [-0.2, 0) is 19.6 Å². The van der Waals surface area contributed by atoms with Crippen molar-refractivity contribution in [3.8, 4) is 11.5 Å². The predicted octanol–water partition coefficient (Wildman–Crippen LogP) is 4.09. The monoisotopic (exact) mass is 690 g/mol. The van der Waals surface area contributed by atoms with Gasteiger partial charge in [0, 0.05) is 44.8 Å². The molecule has 2 aromatic rings. The summed E-state index contributed by atoms with van der Waals surface area (Å²) in [6.07, 6.45) is 2.94. The Kier molecular flexibility index (Phi) is 15.0. The first kappa shape index (κ1) is 39.1. The summed E-state index contributed by atoms with van der Waals surface area (Å²) in [5.74, 6) is 0.266. The number of rotatable bonds is 12. The van der Waals surface area contributed by atoms with E-state index in [2.05, 4.69) is 4.72 Å². The second-order valence-electron chi connectivity index (χ2n) is 13.0. The first-order valence-electron chi connectivity index (χ1n) is 16.6. The zero-order valence-corrected chi connectivity index (χ0v) is 30.3. The van der Waals surface area contributed by atoms with Gasteiger partial charge in [-0.15, -0.1) is 0 Å². The fraction of sp³-hybridized carbons (Fsp3) is 0.600. The van der Waals surface area contributed by atoms with Gasteiger partial charge in [-0.2, -0.15) is 0 Å². The van der Waals surface area contributed by atoms with Crippen molar-refractivity contribution in [2.75, 3.05) is 65.8 Å². The fourth-order valence-corrected chi connectivity index (χ4v) is 6.58. The third kappa shape index (κ3) is 11.4. The molecule has 0 radical (unpaired) electrons. The minimum Gasteiger partial charge on any atom is -0.497 e. The van der Waals surface area contributed by atoms with Crippen molar-refractivity contribution in [3.05, 3.63) is 48.0 Å². The van der Waals surface area contributed by atoms with Crippen LogP contribution in [0, 0.1) is 5.92 Å². The number of likely N-dealkylation sites (N-methyl/N-ethyl adjacent to an activating group) is 1. The van der Waals surface area contributed by atoms with E-state index in [1.54, 1.807) is 48.0 Å². The lowest BCUT2D eigenvalue weighted by Crippen LogP contribution is -2.48. The van der Waals surface area contributed by atoms with Gasteiger partial charge in [-0.1, -0.05) is 6.92 Å². The number of carbonyl (C=O) groups is 2.